The summed E-state index contributed by atoms with van der Waals surface area (Å²) in [5.41, 5.74) is 3.37. The molecule has 0 spiro atoms. The molecule has 0 radical (unpaired) electrons. The molecule has 0 aliphatic carbocycles. The third-order valence-corrected chi connectivity index (χ3v) is 2.42. The van der Waals surface area contributed by atoms with Gasteiger partial charge in [-0.25, -0.2) is 10.8 Å². The van der Waals surface area contributed by atoms with Crippen LogP contribution in [0.15, 0.2) is 0 Å². The van der Waals surface area contributed by atoms with Crippen molar-refractivity contribution in [3.63, 3.8) is 0 Å². The summed E-state index contributed by atoms with van der Waals surface area (Å²) in [6, 6.07) is 0. The largest absolute Gasteiger partial charge is 0.475 e. The fraction of sp³-hybridized carbons (Fsp3) is 0.667. The molecule has 0 atom stereocenters. The van der Waals surface area contributed by atoms with Crippen molar-refractivity contribution in [1.29, 1.82) is 0 Å². The number of aryl methyl sites for hydroxylation is 1. The molecule has 102 valence electrons. The molecule has 1 aromatic rings. The van der Waals surface area contributed by atoms with Crippen LogP contribution in [0.25, 0.3) is 0 Å². The van der Waals surface area contributed by atoms with Gasteiger partial charge in [0.2, 0.25) is 5.88 Å². The van der Waals surface area contributed by atoms with Gasteiger partial charge in [-0.1, -0.05) is 13.8 Å². The first-order valence-corrected chi connectivity index (χ1v) is 6.27. The molecule has 1 heterocycles. The molecule has 0 aliphatic rings. The minimum absolute atomic E-state index is 0.477. The second-order valence-electron chi connectivity index (χ2n) is 3.88. The molecule has 0 bridgehead atoms. The zero-order valence-corrected chi connectivity index (χ0v) is 11.3. The van der Waals surface area contributed by atoms with Crippen LogP contribution >= 0.6 is 0 Å². The van der Waals surface area contributed by atoms with E-state index >= 15 is 0 Å². The number of nitrogens with one attached hydrogen (secondary N) is 1. The van der Waals surface area contributed by atoms with Crippen LogP contribution in [0.5, 0.6) is 5.88 Å². The Hall–Kier alpha value is -1.40. The van der Waals surface area contributed by atoms with Crippen molar-refractivity contribution < 1.29 is 9.47 Å². The molecule has 0 saturated carbocycles. The van der Waals surface area contributed by atoms with Crippen LogP contribution in [-0.4, -0.2) is 29.8 Å². The number of hydrogen-bond donors (Lipinski definition) is 2. The van der Waals surface area contributed by atoms with E-state index in [4.69, 9.17) is 15.3 Å². The monoisotopic (exact) mass is 254 g/mol. The van der Waals surface area contributed by atoms with Gasteiger partial charge in [0.1, 0.15) is 18.2 Å². The van der Waals surface area contributed by atoms with Gasteiger partial charge in [0.25, 0.3) is 0 Å². The van der Waals surface area contributed by atoms with Crippen LogP contribution in [-0.2, 0) is 11.2 Å². The first-order valence-electron chi connectivity index (χ1n) is 6.27. The molecule has 6 nitrogen and oxygen atoms in total. The Balaban J connectivity index is 2.63. The van der Waals surface area contributed by atoms with Gasteiger partial charge in [0, 0.05) is 13.0 Å². The van der Waals surface area contributed by atoms with E-state index in [0.29, 0.717) is 30.7 Å². The standard InChI is InChI=1S/C12H22N4O2/c1-4-6-17-7-8-18-12-9(3)11(16-13)14-10(5-2)15-12/h4-8,13H2,1-3H3,(H,14,15,16). The maximum absolute atomic E-state index is 5.60. The Labute approximate surface area is 108 Å². The summed E-state index contributed by atoms with van der Waals surface area (Å²) < 4.78 is 10.9. The summed E-state index contributed by atoms with van der Waals surface area (Å²) >= 11 is 0. The van der Waals surface area contributed by atoms with Gasteiger partial charge in [-0.3, -0.25) is 0 Å². The first-order chi connectivity index (χ1) is 8.72. The second kappa shape index (κ2) is 7.84. The fourth-order valence-electron chi connectivity index (χ4n) is 1.42. The molecule has 0 saturated heterocycles. The van der Waals surface area contributed by atoms with E-state index in [1.807, 2.05) is 13.8 Å². The van der Waals surface area contributed by atoms with Gasteiger partial charge < -0.3 is 14.9 Å². The second-order valence-corrected chi connectivity index (χ2v) is 3.88. The van der Waals surface area contributed by atoms with Crippen molar-refractivity contribution in [1.82, 2.24) is 9.97 Å². The predicted molar refractivity (Wildman–Crippen MR) is 70.6 cm³/mol. The average Bonchev–Trinajstić information content (AvgIpc) is 2.40. The van der Waals surface area contributed by atoms with Crippen LogP contribution in [0, 0.1) is 6.92 Å². The Bertz CT molecular complexity index is 371. The minimum atomic E-state index is 0.477. The van der Waals surface area contributed by atoms with E-state index in [9.17, 15) is 0 Å². The Kier molecular flexibility index (Phi) is 6.38. The lowest BCUT2D eigenvalue weighted by Gasteiger charge is -2.12. The lowest BCUT2D eigenvalue weighted by Crippen LogP contribution is -2.15. The maximum Gasteiger partial charge on any atom is 0.221 e. The van der Waals surface area contributed by atoms with Crippen molar-refractivity contribution in [2.24, 2.45) is 5.84 Å². The zero-order chi connectivity index (χ0) is 13.4. The van der Waals surface area contributed by atoms with Crippen molar-refractivity contribution in [2.45, 2.75) is 33.6 Å². The highest BCUT2D eigenvalue weighted by Gasteiger charge is 2.10. The van der Waals surface area contributed by atoms with E-state index in [-0.39, 0.29) is 0 Å². The predicted octanol–water partition coefficient (Wildman–Crippen LogP) is 1.44. The molecule has 3 N–H and O–H groups in total. The average molecular weight is 254 g/mol. The van der Waals surface area contributed by atoms with Crippen LogP contribution in [0.3, 0.4) is 0 Å². The molecule has 6 heteroatoms. The Morgan fingerprint density at radius 1 is 1.17 bits per heavy atom. The minimum Gasteiger partial charge on any atom is -0.475 e. The molecule has 0 amide bonds. The lowest BCUT2D eigenvalue weighted by atomic mass is 10.3. The Morgan fingerprint density at radius 2 is 1.94 bits per heavy atom. The summed E-state index contributed by atoms with van der Waals surface area (Å²) in [6.07, 6.45) is 1.74. The summed E-state index contributed by atoms with van der Waals surface area (Å²) in [6.45, 7) is 7.72. The van der Waals surface area contributed by atoms with Crippen LogP contribution < -0.4 is 16.0 Å². The van der Waals surface area contributed by atoms with Crippen LogP contribution in [0.2, 0.25) is 0 Å². The molecule has 0 aliphatic heterocycles. The number of nitrogen functional groups attached to an aromatic ring is 1. The van der Waals surface area contributed by atoms with E-state index in [2.05, 4.69) is 22.3 Å². The highest BCUT2D eigenvalue weighted by molar-refractivity contribution is 5.47. The number of hydrazine groups is 1. The van der Waals surface area contributed by atoms with Gasteiger partial charge in [0.05, 0.1) is 12.2 Å². The van der Waals surface area contributed by atoms with Gasteiger partial charge in [0.15, 0.2) is 0 Å². The maximum atomic E-state index is 5.60. The SMILES string of the molecule is CCCOCCOc1nc(CC)nc(NN)c1C. The van der Waals surface area contributed by atoms with Gasteiger partial charge in [-0.15, -0.1) is 0 Å². The first kappa shape index (κ1) is 14.7. The van der Waals surface area contributed by atoms with E-state index in [0.717, 1.165) is 25.0 Å². The summed E-state index contributed by atoms with van der Waals surface area (Å²) in [5.74, 6) is 7.29. The van der Waals surface area contributed by atoms with Crippen LogP contribution in [0.1, 0.15) is 31.7 Å². The topological polar surface area (TPSA) is 82.3 Å². The zero-order valence-electron chi connectivity index (χ0n) is 11.3. The quantitative estimate of drug-likeness (QED) is 0.415. The molecule has 1 rings (SSSR count). The molecule has 18 heavy (non-hydrogen) atoms. The van der Waals surface area contributed by atoms with E-state index < -0.39 is 0 Å². The molecule has 1 aromatic heterocycles. The van der Waals surface area contributed by atoms with E-state index in [1.54, 1.807) is 0 Å². The molecular weight excluding hydrogens is 232 g/mol. The number of aromatic nitrogens is 2. The van der Waals surface area contributed by atoms with Crippen molar-refractivity contribution in [2.75, 3.05) is 25.2 Å². The number of anilines is 1. The number of hydrogen-bond acceptors (Lipinski definition) is 6. The van der Waals surface area contributed by atoms with Gasteiger partial charge in [-0.05, 0) is 13.3 Å². The van der Waals surface area contributed by atoms with Gasteiger partial charge in [-0.2, -0.15) is 4.98 Å². The summed E-state index contributed by atoms with van der Waals surface area (Å²) in [5, 5.41) is 0. The number of rotatable bonds is 8. The third-order valence-electron chi connectivity index (χ3n) is 2.42. The number of ether oxygens (including phenoxy) is 2. The summed E-state index contributed by atoms with van der Waals surface area (Å²) in [7, 11) is 0. The van der Waals surface area contributed by atoms with Gasteiger partial charge >= 0.3 is 0 Å². The highest BCUT2D eigenvalue weighted by atomic mass is 16.5. The number of nitrogens with two attached hydrogens (primary N) is 1. The molecule has 0 fully saturated rings. The summed E-state index contributed by atoms with van der Waals surface area (Å²) in [4.78, 5) is 8.60. The highest BCUT2D eigenvalue weighted by Crippen LogP contribution is 2.21. The third kappa shape index (κ3) is 4.12. The van der Waals surface area contributed by atoms with Crippen molar-refractivity contribution in [3.05, 3.63) is 11.4 Å². The normalized spacial score (nSPS) is 10.4. The molecular formula is C12H22N4O2. The van der Waals surface area contributed by atoms with Crippen molar-refractivity contribution >= 4 is 5.82 Å². The van der Waals surface area contributed by atoms with Crippen LogP contribution in [0.4, 0.5) is 5.82 Å². The smallest absolute Gasteiger partial charge is 0.221 e. The lowest BCUT2D eigenvalue weighted by molar-refractivity contribution is 0.0986. The number of nitrogens with zero attached hydrogens (tertiary/aromatic N) is 2. The van der Waals surface area contributed by atoms with E-state index in [1.165, 1.54) is 0 Å². The fourth-order valence-corrected chi connectivity index (χ4v) is 1.42. The molecule has 0 aromatic carbocycles. The Morgan fingerprint density at radius 3 is 2.56 bits per heavy atom. The van der Waals surface area contributed by atoms with Crippen molar-refractivity contribution in [3.8, 4) is 5.88 Å². The molecule has 0 unspecified atom stereocenters.